The molecule has 0 saturated carbocycles. The molecule has 0 aromatic heterocycles. The Balaban J connectivity index is 1.73. The zero-order valence-corrected chi connectivity index (χ0v) is 22.1. The lowest BCUT2D eigenvalue weighted by Gasteiger charge is -2.35. The summed E-state index contributed by atoms with van der Waals surface area (Å²) in [5.74, 6) is -0.0691. The Morgan fingerprint density at radius 2 is 1.89 bits per heavy atom. The van der Waals surface area contributed by atoms with Crippen molar-refractivity contribution in [3.8, 4) is 5.75 Å². The van der Waals surface area contributed by atoms with Gasteiger partial charge in [-0.1, -0.05) is 49.7 Å². The zero-order chi connectivity index (χ0) is 26.3. The number of rotatable bonds is 7. The topological polar surface area (TPSA) is 66.8 Å². The molecule has 0 fully saturated rings. The van der Waals surface area contributed by atoms with Crippen molar-refractivity contribution < 1.29 is 19.4 Å². The van der Waals surface area contributed by atoms with Crippen molar-refractivity contribution in [1.82, 2.24) is 0 Å². The van der Waals surface area contributed by atoms with Crippen molar-refractivity contribution in [2.45, 2.75) is 65.0 Å². The fraction of sp³-hybridized carbons (Fsp3) is 0.333. The molecule has 3 aromatic rings. The highest BCUT2D eigenvalue weighted by atomic mass is 35.5. The Hall–Kier alpha value is -3.31. The number of amides is 1. The normalized spacial score (nSPS) is 14.5. The van der Waals surface area contributed by atoms with Gasteiger partial charge in [-0.25, -0.2) is 4.79 Å². The maximum absolute atomic E-state index is 12.3. The summed E-state index contributed by atoms with van der Waals surface area (Å²) in [6.07, 6.45) is 2.67. The number of hydrogen-bond donors (Lipinski definition) is 1. The summed E-state index contributed by atoms with van der Waals surface area (Å²) >= 11 is 6.45. The molecule has 6 heteroatoms. The highest BCUT2D eigenvalue weighted by Gasteiger charge is 2.31. The molecule has 1 amide bonds. The highest BCUT2D eigenvalue weighted by Crippen LogP contribution is 2.42. The second-order valence-electron chi connectivity index (χ2n) is 10.7. The predicted molar refractivity (Wildman–Crippen MR) is 143 cm³/mol. The molecule has 0 radical (unpaired) electrons. The van der Waals surface area contributed by atoms with E-state index in [-0.39, 0.29) is 17.7 Å². The second kappa shape index (κ2) is 9.62. The second-order valence-corrected chi connectivity index (χ2v) is 11.1. The summed E-state index contributed by atoms with van der Waals surface area (Å²) < 4.78 is 6.17. The molecule has 0 aliphatic carbocycles. The largest absolute Gasteiger partial charge is 0.488 e. The number of hydrogen-bond acceptors (Lipinski definition) is 3. The minimum Gasteiger partial charge on any atom is -0.488 e. The zero-order valence-electron chi connectivity index (χ0n) is 21.4. The van der Waals surface area contributed by atoms with Gasteiger partial charge in [0.05, 0.1) is 12.1 Å². The highest BCUT2D eigenvalue weighted by molar-refractivity contribution is 6.30. The van der Waals surface area contributed by atoms with E-state index in [1.807, 2.05) is 24.3 Å². The van der Waals surface area contributed by atoms with Crippen LogP contribution in [-0.2, 0) is 23.2 Å². The Morgan fingerprint density at radius 3 is 2.58 bits per heavy atom. The fourth-order valence-electron chi connectivity index (χ4n) is 4.84. The lowest BCUT2D eigenvalue weighted by Crippen LogP contribution is -2.33. The van der Waals surface area contributed by atoms with Crippen LogP contribution in [0.15, 0.2) is 54.6 Å². The number of aromatic carboxylic acids is 1. The first-order valence-electron chi connectivity index (χ1n) is 12.1. The van der Waals surface area contributed by atoms with Crippen molar-refractivity contribution in [2.24, 2.45) is 0 Å². The Morgan fingerprint density at radius 1 is 1.14 bits per heavy atom. The van der Waals surface area contributed by atoms with E-state index in [4.69, 9.17) is 16.3 Å². The molecule has 0 saturated heterocycles. The van der Waals surface area contributed by atoms with E-state index in [9.17, 15) is 14.7 Å². The van der Waals surface area contributed by atoms with Crippen LogP contribution in [0.4, 0.5) is 5.69 Å². The van der Waals surface area contributed by atoms with E-state index < -0.39 is 11.4 Å². The molecule has 0 unspecified atom stereocenters. The number of carbonyl (C=O) groups is 2. The fourth-order valence-corrected chi connectivity index (χ4v) is 5.01. The number of aryl methyl sites for hydroxylation is 2. The summed E-state index contributed by atoms with van der Waals surface area (Å²) in [5, 5.41) is 10.1. The van der Waals surface area contributed by atoms with Crippen molar-refractivity contribution in [1.29, 1.82) is 0 Å². The van der Waals surface area contributed by atoms with Crippen molar-refractivity contribution in [3.63, 3.8) is 0 Å². The van der Waals surface area contributed by atoms with E-state index in [1.54, 1.807) is 30.0 Å². The predicted octanol–water partition coefficient (Wildman–Crippen LogP) is 6.94. The average molecular weight is 506 g/mol. The summed E-state index contributed by atoms with van der Waals surface area (Å²) in [7, 11) is 0. The number of halogens is 1. The van der Waals surface area contributed by atoms with Crippen LogP contribution in [0.3, 0.4) is 0 Å². The molecule has 1 aliphatic rings. The van der Waals surface area contributed by atoms with Crippen LogP contribution in [-0.4, -0.2) is 23.1 Å². The van der Waals surface area contributed by atoms with E-state index >= 15 is 0 Å². The number of benzene rings is 3. The first kappa shape index (κ1) is 25.8. The summed E-state index contributed by atoms with van der Waals surface area (Å²) in [6, 6.07) is 17.1. The first-order chi connectivity index (χ1) is 16.9. The third kappa shape index (κ3) is 5.12. The molecule has 3 aromatic carbocycles. The maximum atomic E-state index is 12.3. The number of carboxylic acid groups (broad SMARTS) is 1. The monoisotopic (exact) mass is 505 g/mol. The van der Waals surface area contributed by atoms with Crippen molar-refractivity contribution in [3.05, 3.63) is 93.0 Å². The molecule has 0 atom stereocenters. The maximum Gasteiger partial charge on any atom is 0.335 e. The number of anilines is 1. The van der Waals surface area contributed by atoms with Gasteiger partial charge in [0.25, 0.3) is 0 Å². The Bertz CT molecular complexity index is 1330. The third-order valence-electron chi connectivity index (χ3n) is 7.12. The van der Waals surface area contributed by atoms with Crippen LogP contribution < -0.4 is 9.64 Å². The lowest BCUT2D eigenvalue weighted by molar-refractivity contribution is -0.107. The summed E-state index contributed by atoms with van der Waals surface area (Å²) in [5.41, 5.74) is 4.91. The third-order valence-corrected chi connectivity index (χ3v) is 7.35. The number of fused-ring (bicyclic) bond motifs is 1. The van der Waals surface area contributed by atoms with Gasteiger partial charge in [-0.3, -0.25) is 4.79 Å². The quantitative estimate of drug-likeness (QED) is 0.353. The van der Waals surface area contributed by atoms with E-state index in [1.165, 1.54) is 5.56 Å². The standard InChI is InChI=1S/C30H32ClNO4/c1-19-6-7-20(14-24(19)28(34)35)17-32(18-33)26-10-9-23(31)16-25(26)30(4,5)22-8-11-27-21(15-22)12-13-29(2,3)36-27/h6-11,14-16,18H,12-13,17H2,1-5H3,(H,34,35). The first-order valence-corrected chi connectivity index (χ1v) is 12.5. The Kier molecular flexibility index (Phi) is 6.89. The lowest BCUT2D eigenvalue weighted by atomic mass is 9.76. The van der Waals surface area contributed by atoms with Gasteiger partial charge >= 0.3 is 5.97 Å². The van der Waals surface area contributed by atoms with Crippen LogP contribution in [0, 0.1) is 6.92 Å². The van der Waals surface area contributed by atoms with E-state index in [0.29, 0.717) is 10.6 Å². The molecular weight excluding hydrogens is 474 g/mol. The minimum absolute atomic E-state index is 0.175. The summed E-state index contributed by atoms with van der Waals surface area (Å²) in [6.45, 7) is 10.4. The van der Waals surface area contributed by atoms with Crippen molar-refractivity contribution >= 4 is 29.7 Å². The van der Waals surface area contributed by atoms with Gasteiger partial charge in [-0.2, -0.15) is 0 Å². The number of carbonyl (C=O) groups excluding carboxylic acids is 1. The van der Waals surface area contributed by atoms with Crippen LogP contribution in [0.2, 0.25) is 5.02 Å². The molecule has 5 nitrogen and oxygen atoms in total. The van der Waals surface area contributed by atoms with Gasteiger partial charge in [0.15, 0.2) is 0 Å². The number of ether oxygens (including phenoxy) is 1. The van der Waals surface area contributed by atoms with Gasteiger partial charge in [0.1, 0.15) is 11.4 Å². The summed E-state index contributed by atoms with van der Waals surface area (Å²) in [4.78, 5) is 25.5. The van der Waals surface area contributed by atoms with Crippen LogP contribution in [0.1, 0.15) is 72.3 Å². The van der Waals surface area contributed by atoms with Crippen LogP contribution in [0.25, 0.3) is 0 Å². The molecule has 1 aliphatic heterocycles. The number of carboxylic acids is 1. The van der Waals surface area contributed by atoms with Crippen LogP contribution >= 0.6 is 11.6 Å². The molecule has 188 valence electrons. The van der Waals surface area contributed by atoms with E-state index in [2.05, 4.69) is 39.8 Å². The smallest absolute Gasteiger partial charge is 0.335 e. The number of nitrogens with zero attached hydrogens (tertiary/aromatic N) is 1. The van der Waals surface area contributed by atoms with Gasteiger partial charge in [0, 0.05) is 16.1 Å². The molecule has 36 heavy (non-hydrogen) atoms. The minimum atomic E-state index is -0.986. The van der Waals surface area contributed by atoms with Gasteiger partial charge in [0.2, 0.25) is 6.41 Å². The SMILES string of the molecule is Cc1ccc(CN(C=O)c2ccc(Cl)cc2C(C)(C)c2ccc3c(c2)CCC(C)(C)O3)cc1C(=O)O. The Labute approximate surface area is 217 Å². The molecule has 1 heterocycles. The molecule has 0 bridgehead atoms. The average Bonchev–Trinajstić information content (AvgIpc) is 2.82. The molecule has 4 rings (SSSR count). The molecule has 0 spiro atoms. The van der Waals surface area contributed by atoms with Gasteiger partial charge in [-0.05, 0) is 91.8 Å². The van der Waals surface area contributed by atoms with Crippen molar-refractivity contribution in [2.75, 3.05) is 4.90 Å². The molecular formula is C30H32ClNO4. The van der Waals surface area contributed by atoms with E-state index in [0.717, 1.165) is 47.4 Å². The molecule has 1 N–H and O–H groups in total. The van der Waals surface area contributed by atoms with Gasteiger partial charge in [-0.15, -0.1) is 0 Å². The van der Waals surface area contributed by atoms with Crippen LogP contribution in [0.5, 0.6) is 5.75 Å². The van der Waals surface area contributed by atoms with Gasteiger partial charge < -0.3 is 14.7 Å².